The Hall–Kier alpha value is -3.06. The zero-order valence-electron chi connectivity index (χ0n) is 19.4. The number of phenols is 1. The lowest BCUT2D eigenvalue weighted by Crippen LogP contribution is -2.46. The fourth-order valence-corrected chi connectivity index (χ4v) is 3.26. The number of rotatable bonds is 9. The molecular weight excluding hydrogens is 408 g/mol. The number of carbonyl (C=O) groups is 2. The molecule has 0 fully saturated rings. The summed E-state index contributed by atoms with van der Waals surface area (Å²) in [6, 6.07) is 11.7. The van der Waals surface area contributed by atoms with Crippen LogP contribution in [0.4, 0.5) is 0 Å². The summed E-state index contributed by atoms with van der Waals surface area (Å²) >= 11 is 0. The minimum atomic E-state index is -0.728. The maximum absolute atomic E-state index is 12.5. The fraction of sp³-hybridized carbons (Fsp3) is 0.440. The molecule has 0 aliphatic heterocycles. The summed E-state index contributed by atoms with van der Waals surface area (Å²) in [5.74, 6) is -0.487. The first-order valence-electron chi connectivity index (χ1n) is 10.7. The maximum Gasteiger partial charge on any atom is 0.251 e. The van der Waals surface area contributed by atoms with Crippen LogP contribution in [0, 0.1) is 5.92 Å². The van der Waals surface area contributed by atoms with Crippen LogP contribution in [0.25, 0.3) is 0 Å². The number of phenolic OH excluding ortho intramolecular Hbond substituents is 1. The standard InChI is InChI=1S/C25H34N2O5/c1-16(27-24(31)19-7-9-20(10-8-19)25(2,3)4)23(30)26-14-18(15-28)12-17-6-11-22(32-5)21(29)13-17/h6-11,13,16,18,28-29H,12,14-15H2,1-5H3,(H,26,30)(H,27,31)/t16-,18-/m0/s1. The molecule has 2 aromatic carbocycles. The van der Waals surface area contributed by atoms with E-state index in [0.29, 0.717) is 17.7 Å². The van der Waals surface area contributed by atoms with Gasteiger partial charge in [0.05, 0.1) is 7.11 Å². The summed E-state index contributed by atoms with van der Waals surface area (Å²) in [6.07, 6.45) is 0.467. The van der Waals surface area contributed by atoms with E-state index in [4.69, 9.17) is 4.74 Å². The summed E-state index contributed by atoms with van der Waals surface area (Å²) < 4.78 is 5.03. The molecule has 4 N–H and O–H groups in total. The summed E-state index contributed by atoms with van der Waals surface area (Å²) in [4.78, 5) is 24.9. The molecule has 7 nitrogen and oxygen atoms in total. The Morgan fingerprint density at radius 2 is 1.75 bits per heavy atom. The van der Waals surface area contributed by atoms with Gasteiger partial charge >= 0.3 is 0 Å². The molecule has 2 amide bonds. The lowest BCUT2D eigenvalue weighted by molar-refractivity contribution is -0.122. The minimum Gasteiger partial charge on any atom is -0.504 e. The van der Waals surface area contributed by atoms with Gasteiger partial charge in [0.2, 0.25) is 5.91 Å². The van der Waals surface area contributed by atoms with Gasteiger partial charge in [-0.15, -0.1) is 0 Å². The second-order valence-corrected chi connectivity index (χ2v) is 9.03. The van der Waals surface area contributed by atoms with Crippen molar-refractivity contribution in [2.45, 2.75) is 45.6 Å². The molecule has 0 radical (unpaired) electrons. The number of amides is 2. The van der Waals surface area contributed by atoms with Crippen LogP contribution in [-0.4, -0.2) is 48.3 Å². The lowest BCUT2D eigenvalue weighted by atomic mass is 9.86. The fourth-order valence-electron chi connectivity index (χ4n) is 3.26. The molecule has 32 heavy (non-hydrogen) atoms. The number of hydrogen-bond acceptors (Lipinski definition) is 5. The van der Waals surface area contributed by atoms with Crippen LogP contribution in [0.5, 0.6) is 11.5 Å². The predicted molar refractivity (Wildman–Crippen MR) is 124 cm³/mol. The molecule has 7 heteroatoms. The number of benzene rings is 2. The van der Waals surface area contributed by atoms with Gasteiger partial charge in [-0.2, -0.15) is 0 Å². The van der Waals surface area contributed by atoms with E-state index in [1.165, 1.54) is 7.11 Å². The lowest BCUT2D eigenvalue weighted by Gasteiger charge is -2.20. The van der Waals surface area contributed by atoms with Gasteiger partial charge in [0, 0.05) is 24.6 Å². The van der Waals surface area contributed by atoms with Crippen molar-refractivity contribution in [1.29, 1.82) is 0 Å². The number of aliphatic hydroxyl groups is 1. The van der Waals surface area contributed by atoms with Crippen LogP contribution in [0.15, 0.2) is 42.5 Å². The molecule has 2 atom stereocenters. The Bertz CT molecular complexity index is 919. The molecule has 0 unspecified atom stereocenters. The van der Waals surface area contributed by atoms with Crippen molar-refractivity contribution in [3.63, 3.8) is 0 Å². The highest BCUT2D eigenvalue weighted by atomic mass is 16.5. The Morgan fingerprint density at radius 1 is 1.09 bits per heavy atom. The average Bonchev–Trinajstić information content (AvgIpc) is 2.75. The van der Waals surface area contributed by atoms with E-state index in [9.17, 15) is 19.8 Å². The topological polar surface area (TPSA) is 108 Å². The zero-order chi connectivity index (χ0) is 23.9. The van der Waals surface area contributed by atoms with E-state index in [-0.39, 0.29) is 42.0 Å². The van der Waals surface area contributed by atoms with Gasteiger partial charge in [-0.3, -0.25) is 9.59 Å². The van der Waals surface area contributed by atoms with Gasteiger partial charge in [0.15, 0.2) is 11.5 Å². The van der Waals surface area contributed by atoms with Crippen LogP contribution < -0.4 is 15.4 Å². The second kappa shape index (κ2) is 11.0. The molecule has 0 aromatic heterocycles. The van der Waals surface area contributed by atoms with Crippen molar-refractivity contribution in [2.24, 2.45) is 5.92 Å². The van der Waals surface area contributed by atoms with Crippen LogP contribution in [0.2, 0.25) is 0 Å². The van der Waals surface area contributed by atoms with Crippen LogP contribution in [0.1, 0.15) is 49.2 Å². The Labute approximate surface area is 189 Å². The normalized spacial score (nSPS) is 13.2. The number of aromatic hydroxyl groups is 1. The molecular formula is C25H34N2O5. The van der Waals surface area contributed by atoms with E-state index < -0.39 is 6.04 Å². The van der Waals surface area contributed by atoms with Crippen molar-refractivity contribution in [3.8, 4) is 11.5 Å². The van der Waals surface area contributed by atoms with Gasteiger partial charge in [0.1, 0.15) is 6.04 Å². The van der Waals surface area contributed by atoms with E-state index in [2.05, 4.69) is 31.4 Å². The van der Waals surface area contributed by atoms with Crippen LogP contribution in [-0.2, 0) is 16.6 Å². The highest BCUT2D eigenvalue weighted by Crippen LogP contribution is 2.27. The molecule has 0 heterocycles. The third-order valence-electron chi connectivity index (χ3n) is 5.34. The second-order valence-electron chi connectivity index (χ2n) is 9.03. The molecule has 0 aliphatic rings. The van der Waals surface area contributed by atoms with E-state index in [0.717, 1.165) is 11.1 Å². The zero-order valence-corrected chi connectivity index (χ0v) is 19.4. The Kier molecular flexibility index (Phi) is 8.66. The summed E-state index contributed by atoms with van der Waals surface area (Å²) in [5, 5.41) is 25.1. The molecule has 0 bridgehead atoms. The highest BCUT2D eigenvalue weighted by Gasteiger charge is 2.19. The molecule has 0 saturated heterocycles. The average molecular weight is 443 g/mol. The predicted octanol–water partition coefficient (Wildman–Crippen LogP) is 2.78. The first-order chi connectivity index (χ1) is 15.0. The van der Waals surface area contributed by atoms with Gasteiger partial charge in [0.25, 0.3) is 5.91 Å². The van der Waals surface area contributed by atoms with Crippen molar-refractivity contribution in [3.05, 3.63) is 59.2 Å². The smallest absolute Gasteiger partial charge is 0.251 e. The molecule has 0 spiro atoms. The Balaban J connectivity index is 1.88. The molecule has 2 rings (SSSR count). The number of nitrogens with one attached hydrogen (secondary N) is 2. The number of methoxy groups -OCH3 is 1. The molecule has 174 valence electrons. The minimum absolute atomic E-state index is 0.00397. The number of carbonyl (C=O) groups excluding carboxylic acids is 2. The first-order valence-corrected chi connectivity index (χ1v) is 10.7. The monoisotopic (exact) mass is 442 g/mol. The van der Waals surface area contributed by atoms with Crippen LogP contribution >= 0.6 is 0 Å². The van der Waals surface area contributed by atoms with E-state index in [1.54, 1.807) is 37.3 Å². The highest BCUT2D eigenvalue weighted by molar-refractivity contribution is 5.97. The molecule has 0 saturated carbocycles. The van der Waals surface area contributed by atoms with Crippen molar-refractivity contribution in [2.75, 3.05) is 20.3 Å². The third-order valence-corrected chi connectivity index (χ3v) is 5.34. The van der Waals surface area contributed by atoms with Gasteiger partial charge < -0.3 is 25.6 Å². The van der Waals surface area contributed by atoms with Crippen molar-refractivity contribution in [1.82, 2.24) is 10.6 Å². The third kappa shape index (κ3) is 6.99. The van der Waals surface area contributed by atoms with Gasteiger partial charge in [-0.05, 0) is 54.2 Å². The summed E-state index contributed by atoms with van der Waals surface area (Å²) in [6.45, 7) is 8.03. The van der Waals surface area contributed by atoms with Gasteiger partial charge in [-0.25, -0.2) is 0 Å². The van der Waals surface area contributed by atoms with Crippen molar-refractivity contribution >= 4 is 11.8 Å². The first kappa shape index (κ1) is 25.2. The van der Waals surface area contributed by atoms with Crippen molar-refractivity contribution < 1.29 is 24.5 Å². The van der Waals surface area contributed by atoms with E-state index >= 15 is 0 Å². The maximum atomic E-state index is 12.5. The largest absolute Gasteiger partial charge is 0.504 e. The number of hydrogen-bond donors (Lipinski definition) is 4. The Morgan fingerprint density at radius 3 is 2.28 bits per heavy atom. The molecule has 0 aliphatic carbocycles. The summed E-state index contributed by atoms with van der Waals surface area (Å²) in [7, 11) is 1.47. The summed E-state index contributed by atoms with van der Waals surface area (Å²) in [5.41, 5.74) is 2.43. The quantitative estimate of drug-likeness (QED) is 0.478. The SMILES string of the molecule is COc1ccc(C[C@H](CO)CNC(=O)[C@H](C)NC(=O)c2ccc(C(C)(C)C)cc2)cc1O. The van der Waals surface area contributed by atoms with Crippen LogP contribution in [0.3, 0.4) is 0 Å². The van der Waals surface area contributed by atoms with E-state index in [1.807, 2.05) is 12.1 Å². The van der Waals surface area contributed by atoms with Gasteiger partial charge in [-0.1, -0.05) is 39.0 Å². The number of aliphatic hydroxyl groups excluding tert-OH is 1. The number of ether oxygens (including phenoxy) is 1. The molecule has 2 aromatic rings.